The molecule has 1 rings (SSSR count). The van der Waals surface area contributed by atoms with Gasteiger partial charge in [-0.1, -0.05) is 11.6 Å². The predicted octanol–water partition coefficient (Wildman–Crippen LogP) is 2.63. The van der Waals surface area contributed by atoms with Crippen LogP contribution in [-0.4, -0.2) is 30.9 Å². The quantitative estimate of drug-likeness (QED) is 0.753. The van der Waals surface area contributed by atoms with Gasteiger partial charge in [0.1, 0.15) is 5.75 Å². The maximum Gasteiger partial charge on any atom is 0.319 e. The number of anilines is 1. The van der Waals surface area contributed by atoms with E-state index in [0.717, 1.165) is 6.42 Å². The van der Waals surface area contributed by atoms with Gasteiger partial charge in [-0.25, -0.2) is 4.79 Å². The molecule has 0 aliphatic rings. The maximum absolute atomic E-state index is 11.8. The molecule has 0 bridgehead atoms. The summed E-state index contributed by atoms with van der Waals surface area (Å²) in [5.41, 5.74) is 0.516. The molecule has 0 fully saturated rings. The SMILES string of the molecule is COc1ccc(Cl)cc1NC(=O)NC(C)CCCO. The molecule has 1 unspecified atom stereocenters. The van der Waals surface area contributed by atoms with Crippen molar-refractivity contribution in [2.45, 2.75) is 25.8 Å². The number of carbonyl (C=O) groups is 1. The Bertz CT molecular complexity index is 426. The predicted molar refractivity (Wildman–Crippen MR) is 75.9 cm³/mol. The van der Waals surface area contributed by atoms with Crippen molar-refractivity contribution < 1.29 is 14.6 Å². The topological polar surface area (TPSA) is 70.6 Å². The molecule has 1 aromatic rings. The Morgan fingerprint density at radius 1 is 1.53 bits per heavy atom. The van der Waals surface area contributed by atoms with Gasteiger partial charge in [0.2, 0.25) is 0 Å². The number of nitrogens with one attached hydrogen (secondary N) is 2. The van der Waals surface area contributed by atoms with Crippen molar-refractivity contribution in [3.63, 3.8) is 0 Å². The number of ether oxygens (including phenoxy) is 1. The fourth-order valence-electron chi connectivity index (χ4n) is 1.63. The van der Waals surface area contributed by atoms with E-state index in [9.17, 15) is 4.79 Å². The van der Waals surface area contributed by atoms with Gasteiger partial charge >= 0.3 is 6.03 Å². The molecule has 0 heterocycles. The first-order valence-electron chi connectivity index (χ1n) is 6.08. The van der Waals surface area contributed by atoms with Gasteiger partial charge in [-0.3, -0.25) is 0 Å². The van der Waals surface area contributed by atoms with Crippen molar-refractivity contribution in [2.75, 3.05) is 19.0 Å². The monoisotopic (exact) mass is 286 g/mol. The number of aliphatic hydroxyl groups excluding tert-OH is 1. The van der Waals surface area contributed by atoms with Crippen LogP contribution < -0.4 is 15.4 Å². The van der Waals surface area contributed by atoms with Gasteiger partial charge in [0.25, 0.3) is 0 Å². The molecule has 0 radical (unpaired) electrons. The molecule has 0 saturated carbocycles. The Morgan fingerprint density at radius 2 is 2.26 bits per heavy atom. The first-order valence-corrected chi connectivity index (χ1v) is 6.46. The van der Waals surface area contributed by atoms with E-state index in [0.29, 0.717) is 22.9 Å². The Kier molecular flexibility index (Phi) is 6.45. The number of urea groups is 1. The number of carbonyl (C=O) groups excluding carboxylic acids is 1. The van der Waals surface area contributed by atoms with Crippen molar-refractivity contribution >= 4 is 23.3 Å². The fourth-order valence-corrected chi connectivity index (χ4v) is 1.80. The Balaban J connectivity index is 2.59. The van der Waals surface area contributed by atoms with Crippen LogP contribution in [-0.2, 0) is 0 Å². The van der Waals surface area contributed by atoms with Gasteiger partial charge < -0.3 is 20.5 Å². The number of hydrogen-bond acceptors (Lipinski definition) is 3. The summed E-state index contributed by atoms with van der Waals surface area (Å²) in [7, 11) is 1.52. The van der Waals surface area contributed by atoms with Crippen LogP contribution in [0.4, 0.5) is 10.5 Å². The Hall–Kier alpha value is -1.46. The summed E-state index contributed by atoms with van der Waals surface area (Å²) in [6, 6.07) is 4.65. The largest absolute Gasteiger partial charge is 0.495 e. The lowest BCUT2D eigenvalue weighted by atomic mass is 10.2. The van der Waals surface area contributed by atoms with Crippen LogP contribution in [0.3, 0.4) is 0 Å². The van der Waals surface area contributed by atoms with Crippen molar-refractivity contribution in [3.05, 3.63) is 23.2 Å². The summed E-state index contributed by atoms with van der Waals surface area (Å²) in [5.74, 6) is 0.544. The second kappa shape index (κ2) is 7.86. The Labute approximate surface area is 117 Å². The summed E-state index contributed by atoms with van der Waals surface area (Å²) in [4.78, 5) is 11.8. The highest BCUT2D eigenvalue weighted by Crippen LogP contribution is 2.27. The van der Waals surface area contributed by atoms with Gasteiger partial charge in [-0.15, -0.1) is 0 Å². The van der Waals surface area contributed by atoms with Crippen molar-refractivity contribution in [2.24, 2.45) is 0 Å². The molecule has 0 spiro atoms. The van der Waals surface area contributed by atoms with Crippen molar-refractivity contribution in [1.29, 1.82) is 0 Å². The highest BCUT2D eigenvalue weighted by Gasteiger charge is 2.10. The van der Waals surface area contributed by atoms with E-state index >= 15 is 0 Å². The van der Waals surface area contributed by atoms with E-state index in [1.165, 1.54) is 7.11 Å². The lowest BCUT2D eigenvalue weighted by molar-refractivity contribution is 0.245. The molecular formula is C13H19ClN2O3. The zero-order valence-electron chi connectivity index (χ0n) is 11.1. The molecule has 2 amide bonds. The normalized spacial score (nSPS) is 11.8. The molecule has 106 valence electrons. The maximum atomic E-state index is 11.8. The van der Waals surface area contributed by atoms with Crippen LogP contribution >= 0.6 is 11.6 Å². The first kappa shape index (κ1) is 15.6. The van der Waals surface area contributed by atoms with E-state index in [2.05, 4.69) is 10.6 Å². The third kappa shape index (κ3) is 5.36. The van der Waals surface area contributed by atoms with E-state index in [-0.39, 0.29) is 18.7 Å². The number of rotatable bonds is 6. The number of methoxy groups -OCH3 is 1. The molecule has 19 heavy (non-hydrogen) atoms. The van der Waals surface area contributed by atoms with Gasteiger partial charge in [-0.2, -0.15) is 0 Å². The molecule has 0 aliphatic heterocycles. The van der Waals surface area contributed by atoms with Gasteiger partial charge in [0.05, 0.1) is 12.8 Å². The van der Waals surface area contributed by atoms with Crippen LogP contribution in [0, 0.1) is 0 Å². The number of amides is 2. The molecule has 3 N–H and O–H groups in total. The molecular weight excluding hydrogens is 268 g/mol. The second-order valence-electron chi connectivity index (χ2n) is 4.21. The van der Waals surface area contributed by atoms with Crippen LogP contribution in [0.1, 0.15) is 19.8 Å². The molecule has 1 atom stereocenters. The molecule has 5 nitrogen and oxygen atoms in total. The molecule has 6 heteroatoms. The van der Waals surface area contributed by atoms with Crippen LogP contribution in [0.5, 0.6) is 5.75 Å². The highest BCUT2D eigenvalue weighted by atomic mass is 35.5. The van der Waals surface area contributed by atoms with Crippen LogP contribution in [0.2, 0.25) is 5.02 Å². The first-order chi connectivity index (χ1) is 9.06. The highest BCUT2D eigenvalue weighted by molar-refractivity contribution is 6.31. The third-order valence-electron chi connectivity index (χ3n) is 2.58. The standard InChI is InChI=1S/C13H19ClN2O3/c1-9(4-3-7-17)15-13(18)16-11-8-10(14)5-6-12(11)19-2/h5-6,8-9,17H,3-4,7H2,1-2H3,(H2,15,16,18). The second-order valence-corrected chi connectivity index (χ2v) is 4.65. The number of halogens is 1. The number of benzene rings is 1. The fraction of sp³-hybridized carbons (Fsp3) is 0.462. The number of hydrogen-bond donors (Lipinski definition) is 3. The van der Waals surface area contributed by atoms with E-state index in [1.54, 1.807) is 18.2 Å². The summed E-state index contributed by atoms with van der Waals surface area (Å²) >= 11 is 5.88. The minimum Gasteiger partial charge on any atom is -0.495 e. The molecule has 1 aromatic carbocycles. The van der Waals surface area contributed by atoms with E-state index in [1.807, 2.05) is 6.92 Å². The van der Waals surface area contributed by atoms with Gasteiger partial charge in [-0.05, 0) is 38.0 Å². The molecule has 0 aliphatic carbocycles. The zero-order valence-corrected chi connectivity index (χ0v) is 11.8. The molecule has 0 aromatic heterocycles. The summed E-state index contributed by atoms with van der Waals surface area (Å²) < 4.78 is 5.14. The van der Waals surface area contributed by atoms with E-state index in [4.69, 9.17) is 21.4 Å². The van der Waals surface area contributed by atoms with Gasteiger partial charge in [0, 0.05) is 17.7 Å². The van der Waals surface area contributed by atoms with E-state index < -0.39 is 0 Å². The summed E-state index contributed by atoms with van der Waals surface area (Å²) in [5, 5.41) is 14.7. The molecule has 0 saturated heterocycles. The minimum atomic E-state index is -0.328. The average molecular weight is 287 g/mol. The van der Waals surface area contributed by atoms with Crippen molar-refractivity contribution in [3.8, 4) is 5.75 Å². The summed E-state index contributed by atoms with van der Waals surface area (Å²) in [6.45, 7) is 2.00. The van der Waals surface area contributed by atoms with Crippen LogP contribution in [0.25, 0.3) is 0 Å². The number of aliphatic hydroxyl groups is 1. The smallest absolute Gasteiger partial charge is 0.319 e. The minimum absolute atomic E-state index is 0.0164. The average Bonchev–Trinajstić information content (AvgIpc) is 2.36. The lowest BCUT2D eigenvalue weighted by Gasteiger charge is -2.15. The van der Waals surface area contributed by atoms with Crippen LogP contribution in [0.15, 0.2) is 18.2 Å². The third-order valence-corrected chi connectivity index (χ3v) is 2.82. The van der Waals surface area contributed by atoms with Gasteiger partial charge in [0.15, 0.2) is 0 Å². The zero-order chi connectivity index (χ0) is 14.3. The summed E-state index contributed by atoms with van der Waals surface area (Å²) in [6.07, 6.45) is 1.37. The van der Waals surface area contributed by atoms with Crippen molar-refractivity contribution in [1.82, 2.24) is 5.32 Å². The Morgan fingerprint density at radius 3 is 2.89 bits per heavy atom. The lowest BCUT2D eigenvalue weighted by Crippen LogP contribution is -2.36.